The molecule has 0 aliphatic carbocycles. The summed E-state index contributed by atoms with van der Waals surface area (Å²) in [5.41, 5.74) is 3.38. The van der Waals surface area contributed by atoms with Gasteiger partial charge in [-0.2, -0.15) is 0 Å². The summed E-state index contributed by atoms with van der Waals surface area (Å²) in [5.74, 6) is 0.827. The molecule has 0 aliphatic rings. The van der Waals surface area contributed by atoms with Gasteiger partial charge < -0.3 is 14.7 Å². The van der Waals surface area contributed by atoms with Crippen LogP contribution < -0.4 is 5.32 Å². The molecular formula is C15H21IN4O. The molecule has 2 aromatic rings. The van der Waals surface area contributed by atoms with Crippen LogP contribution in [0.2, 0.25) is 0 Å². The number of aliphatic imine (C=N–C) groups is 1. The Hall–Kier alpha value is -1.57. The van der Waals surface area contributed by atoms with E-state index < -0.39 is 0 Å². The molecule has 0 amide bonds. The average molecular weight is 400 g/mol. The minimum atomic E-state index is 0. The van der Waals surface area contributed by atoms with Crippen LogP contribution in [0.15, 0.2) is 46.1 Å². The van der Waals surface area contributed by atoms with E-state index in [2.05, 4.69) is 51.6 Å². The second-order valence-corrected chi connectivity index (χ2v) is 4.73. The van der Waals surface area contributed by atoms with Crippen molar-refractivity contribution in [2.75, 3.05) is 14.1 Å². The van der Waals surface area contributed by atoms with Crippen molar-refractivity contribution in [1.82, 2.24) is 15.4 Å². The van der Waals surface area contributed by atoms with E-state index in [-0.39, 0.29) is 24.0 Å². The summed E-state index contributed by atoms with van der Waals surface area (Å²) >= 11 is 0. The first kappa shape index (κ1) is 17.5. The Bertz CT molecular complexity index is 552. The van der Waals surface area contributed by atoms with Gasteiger partial charge in [-0.15, -0.1) is 24.0 Å². The van der Waals surface area contributed by atoms with E-state index in [9.17, 15) is 0 Å². The third-order valence-corrected chi connectivity index (χ3v) is 3.03. The average Bonchev–Trinajstić information content (AvgIpc) is 2.95. The summed E-state index contributed by atoms with van der Waals surface area (Å²) in [6.07, 6.45) is 1.57. The molecule has 0 bridgehead atoms. The third kappa shape index (κ3) is 5.37. The van der Waals surface area contributed by atoms with Crippen LogP contribution >= 0.6 is 24.0 Å². The monoisotopic (exact) mass is 400 g/mol. The van der Waals surface area contributed by atoms with Crippen molar-refractivity contribution in [3.05, 3.63) is 53.4 Å². The zero-order valence-electron chi connectivity index (χ0n) is 12.5. The summed E-state index contributed by atoms with van der Waals surface area (Å²) in [4.78, 5) is 6.35. The number of nitrogens with zero attached hydrogens (tertiary/aromatic N) is 3. The maximum Gasteiger partial charge on any atom is 0.194 e. The molecule has 1 aromatic heterocycles. The molecule has 1 aromatic carbocycles. The highest BCUT2D eigenvalue weighted by molar-refractivity contribution is 14.0. The molecule has 0 radical (unpaired) electrons. The number of benzene rings is 1. The topological polar surface area (TPSA) is 53.7 Å². The van der Waals surface area contributed by atoms with E-state index in [1.165, 1.54) is 11.1 Å². The minimum Gasteiger partial charge on any atom is -0.364 e. The molecule has 114 valence electrons. The van der Waals surface area contributed by atoms with Gasteiger partial charge in [0.1, 0.15) is 12.0 Å². The standard InChI is InChI=1S/C15H20N4O.HI/c1-12-4-6-13(7-5-12)11-19(3)15(16-2)17-10-14-8-9-20-18-14;/h4-9H,10-11H2,1-3H3,(H,16,17);1H. The second kappa shape index (κ2) is 8.66. The predicted molar refractivity (Wildman–Crippen MR) is 94.8 cm³/mol. The van der Waals surface area contributed by atoms with Crippen molar-refractivity contribution < 1.29 is 4.52 Å². The fraction of sp³-hybridized carbons (Fsp3) is 0.333. The lowest BCUT2D eigenvalue weighted by Gasteiger charge is -2.21. The van der Waals surface area contributed by atoms with Crippen LogP contribution in [0.5, 0.6) is 0 Å². The molecule has 2 rings (SSSR count). The molecule has 5 nitrogen and oxygen atoms in total. The zero-order chi connectivity index (χ0) is 14.4. The normalized spacial score (nSPS) is 10.9. The Morgan fingerprint density at radius 1 is 1.29 bits per heavy atom. The highest BCUT2D eigenvalue weighted by Crippen LogP contribution is 2.06. The van der Waals surface area contributed by atoms with Crippen LogP contribution in [0.1, 0.15) is 16.8 Å². The van der Waals surface area contributed by atoms with E-state index in [1.807, 2.05) is 13.1 Å². The van der Waals surface area contributed by atoms with Gasteiger partial charge >= 0.3 is 0 Å². The minimum absolute atomic E-state index is 0. The van der Waals surface area contributed by atoms with E-state index in [0.29, 0.717) is 6.54 Å². The van der Waals surface area contributed by atoms with Crippen molar-refractivity contribution in [3.63, 3.8) is 0 Å². The second-order valence-electron chi connectivity index (χ2n) is 4.73. The Kier molecular flexibility index (Phi) is 7.21. The van der Waals surface area contributed by atoms with Crippen LogP contribution in [0.3, 0.4) is 0 Å². The van der Waals surface area contributed by atoms with Gasteiger partial charge in [-0.1, -0.05) is 35.0 Å². The van der Waals surface area contributed by atoms with Gasteiger partial charge in [0.25, 0.3) is 0 Å². The van der Waals surface area contributed by atoms with E-state index in [4.69, 9.17) is 4.52 Å². The highest BCUT2D eigenvalue weighted by Gasteiger charge is 2.07. The largest absolute Gasteiger partial charge is 0.364 e. The summed E-state index contributed by atoms with van der Waals surface area (Å²) < 4.78 is 4.80. The van der Waals surface area contributed by atoms with Crippen molar-refractivity contribution in [2.45, 2.75) is 20.0 Å². The van der Waals surface area contributed by atoms with Gasteiger partial charge in [0.05, 0.1) is 6.54 Å². The molecule has 6 heteroatoms. The number of hydrogen-bond donors (Lipinski definition) is 1. The molecule has 1 N–H and O–H groups in total. The lowest BCUT2D eigenvalue weighted by molar-refractivity contribution is 0.409. The smallest absolute Gasteiger partial charge is 0.194 e. The summed E-state index contributed by atoms with van der Waals surface area (Å²) in [5, 5.41) is 7.12. The third-order valence-electron chi connectivity index (χ3n) is 3.03. The molecule has 0 spiro atoms. The van der Waals surface area contributed by atoms with Crippen LogP contribution in [0, 0.1) is 6.92 Å². The Labute approximate surface area is 142 Å². The summed E-state index contributed by atoms with van der Waals surface area (Å²) in [6.45, 7) is 3.49. The van der Waals surface area contributed by atoms with Crippen LogP contribution in [-0.4, -0.2) is 30.1 Å². The first-order chi connectivity index (χ1) is 9.69. The molecule has 0 fully saturated rings. The molecule has 1 heterocycles. The molecular weight excluding hydrogens is 379 g/mol. The zero-order valence-corrected chi connectivity index (χ0v) is 14.9. The number of guanidine groups is 1. The van der Waals surface area contributed by atoms with Crippen LogP contribution in [-0.2, 0) is 13.1 Å². The molecule has 0 saturated carbocycles. The van der Waals surface area contributed by atoms with E-state index in [1.54, 1.807) is 13.3 Å². The Balaban J connectivity index is 0.00000220. The fourth-order valence-corrected chi connectivity index (χ4v) is 1.93. The number of aromatic nitrogens is 1. The number of hydrogen-bond acceptors (Lipinski definition) is 3. The van der Waals surface area contributed by atoms with Crippen molar-refractivity contribution in [1.29, 1.82) is 0 Å². The number of rotatable bonds is 4. The van der Waals surface area contributed by atoms with Gasteiger partial charge in [0, 0.05) is 26.7 Å². The summed E-state index contributed by atoms with van der Waals surface area (Å²) in [6, 6.07) is 10.3. The number of halogens is 1. The maximum absolute atomic E-state index is 4.80. The lowest BCUT2D eigenvalue weighted by atomic mass is 10.1. The first-order valence-corrected chi connectivity index (χ1v) is 6.55. The van der Waals surface area contributed by atoms with Crippen molar-refractivity contribution in [2.24, 2.45) is 4.99 Å². The van der Waals surface area contributed by atoms with Crippen molar-refractivity contribution >= 4 is 29.9 Å². The fourth-order valence-electron chi connectivity index (χ4n) is 1.93. The molecule has 0 unspecified atom stereocenters. The SMILES string of the molecule is CN=C(NCc1ccon1)N(C)Cc1ccc(C)cc1.I. The molecule has 21 heavy (non-hydrogen) atoms. The molecule has 0 saturated heterocycles. The lowest BCUT2D eigenvalue weighted by Crippen LogP contribution is -2.38. The maximum atomic E-state index is 4.80. The predicted octanol–water partition coefficient (Wildman–Crippen LogP) is 2.81. The Morgan fingerprint density at radius 3 is 2.57 bits per heavy atom. The summed E-state index contributed by atoms with van der Waals surface area (Å²) in [7, 11) is 3.79. The quantitative estimate of drug-likeness (QED) is 0.487. The molecule has 0 aliphatic heterocycles. The van der Waals surface area contributed by atoms with Gasteiger partial charge in [-0.05, 0) is 12.5 Å². The van der Waals surface area contributed by atoms with Crippen LogP contribution in [0.4, 0.5) is 0 Å². The van der Waals surface area contributed by atoms with Gasteiger partial charge in [0.2, 0.25) is 0 Å². The molecule has 0 atom stereocenters. The Morgan fingerprint density at radius 2 is 2.00 bits per heavy atom. The van der Waals surface area contributed by atoms with Crippen LogP contribution in [0.25, 0.3) is 0 Å². The van der Waals surface area contributed by atoms with Crippen molar-refractivity contribution in [3.8, 4) is 0 Å². The van der Waals surface area contributed by atoms with Gasteiger partial charge in [0.15, 0.2) is 5.96 Å². The number of nitrogens with one attached hydrogen (secondary N) is 1. The first-order valence-electron chi connectivity index (χ1n) is 6.55. The number of aryl methyl sites for hydroxylation is 1. The highest BCUT2D eigenvalue weighted by atomic mass is 127. The van der Waals surface area contributed by atoms with Gasteiger partial charge in [-0.25, -0.2) is 0 Å². The van der Waals surface area contributed by atoms with E-state index in [0.717, 1.165) is 18.2 Å². The van der Waals surface area contributed by atoms with Gasteiger partial charge in [-0.3, -0.25) is 4.99 Å². The van der Waals surface area contributed by atoms with E-state index >= 15 is 0 Å².